The van der Waals surface area contributed by atoms with Gasteiger partial charge in [0, 0.05) is 26.2 Å². The molecule has 0 aromatic heterocycles. The number of hydrogen-bond donors (Lipinski definition) is 0. The van der Waals surface area contributed by atoms with Gasteiger partial charge in [-0.25, -0.2) is 8.42 Å². The zero-order valence-corrected chi connectivity index (χ0v) is 18.2. The second-order valence-electron chi connectivity index (χ2n) is 7.20. The van der Waals surface area contributed by atoms with Gasteiger partial charge in [0.2, 0.25) is 10.0 Å². The van der Waals surface area contributed by atoms with Gasteiger partial charge in [0.1, 0.15) is 5.75 Å². The first kappa shape index (κ1) is 22.5. The lowest BCUT2D eigenvalue weighted by Gasteiger charge is -2.31. The minimum absolute atomic E-state index is 0.0509. The van der Waals surface area contributed by atoms with E-state index < -0.39 is 10.0 Å². The Labute approximate surface area is 176 Å². The molecule has 166 valence electrons. The number of sulfonamides is 1. The van der Waals surface area contributed by atoms with Gasteiger partial charge in [-0.15, -0.1) is 0 Å². The van der Waals surface area contributed by atoms with E-state index in [0.29, 0.717) is 51.5 Å². The van der Waals surface area contributed by atoms with E-state index in [9.17, 15) is 18.0 Å². The number of amides is 1. The SMILES string of the molecule is CCOC(=O)C1CCN(C(=O)c2cc(S(=O)(=O)N3CCOCC3)ccc2OC)CC1. The van der Waals surface area contributed by atoms with Gasteiger partial charge >= 0.3 is 5.97 Å². The maximum absolute atomic E-state index is 13.1. The zero-order valence-electron chi connectivity index (χ0n) is 17.3. The average Bonchev–Trinajstić information content (AvgIpc) is 2.79. The number of ether oxygens (including phenoxy) is 3. The normalized spacial score (nSPS) is 18.8. The summed E-state index contributed by atoms with van der Waals surface area (Å²) in [7, 11) is -2.29. The lowest BCUT2D eigenvalue weighted by molar-refractivity contribution is -0.149. The van der Waals surface area contributed by atoms with Crippen molar-refractivity contribution in [3.05, 3.63) is 23.8 Å². The molecule has 1 amide bonds. The van der Waals surface area contributed by atoms with E-state index >= 15 is 0 Å². The summed E-state index contributed by atoms with van der Waals surface area (Å²) in [5, 5.41) is 0. The third kappa shape index (κ3) is 4.76. The molecule has 0 aliphatic carbocycles. The largest absolute Gasteiger partial charge is 0.496 e. The Bertz CT molecular complexity index is 873. The van der Waals surface area contributed by atoms with Gasteiger partial charge in [-0.2, -0.15) is 4.31 Å². The standard InChI is InChI=1S/C20H28N2O7S/c1-3-29-20(24)15-6-8-21(9-7-15)19(23)17-14-16(4-5-18(17)27-2)30(25,26)22-10-12-28-13-11-22/h4-5,14-15H,3,6-13H2,1-2H3. The number of rotatable bonds is 6. The van der Waals surface area contributed by atoms with Gasteiger partial charge < -0.3 is 19.1 Å². The van der Waals surface area contributed by atoms with Crippen molar-refractivity contribution in [2.75, 3.05) is 53.1 Å². The number of esters is 1. The first-order chi connectivity index (χ1) is 14.4. The Morgan fingerprint density at radius 2 is 1.80 bits per heavy atom. The summed E-state index contributed by atoms with van der Waals surface area (Å²) in [6.45, 7) is 4.13. The topological polar surface area (TPSA) is 102 Å². The van der Waals surface area contributed by atoms with E-state index in [0.717, 1.165) is 0 Å². The molecule has 10 heteroatoms. The van der Waals surface area contributed by atoms with E-state index in [1.54, 1.807) is 11.8 Å². The van der Waals surface area contributed by atoms with Crippen molar-refractivity contribution < 1.29 is 32.2 Å². The number of carbonyl (C=O) groups is 2. The number of methoxy groups -OCH3 is 1. The second-order valence-corrected chi connectivity index (χ2v) is 9.14. The fourth-order valence-corrected chi connectivity index (χ4v) is 5.13. The monoisotopic (exact) mass is 440 g/mol. The van der Waals surface area contributed by atoms with Crippen LogP contribution in [-0.2, 0) is 24.3 Å². The van der Waals surface area contributed by atoms with Crippen LogP contribution in [0.5, 0.6) is 5.75 Å². The van der Waals surface area contributed by atoms with Crippen molar-refractivity contribution in [1.82, 2.24) is 9.21 Å². The second kappa shape index (κ2) is 9.76. The molecule has 1 aromatic carbocycles. The zero-order chi connectivity index (χ0) is 21.7. The lowest BCUT2D eigenvalue weighted by Crippen LogP contribution is -2.41. The number of likely N-dealkylation sites (tertiary alicyclic amines) is 1. The third-order valence-corrected chi connectivity index (χ3v) is 7.31. The van der Waals surface area contributed by atoms with Crippen LogP contribution in [0, 0.1) is 5.92 Å². The molecule has 0 radical (unpaired) electrons. The molecule has 1 aromatic rings. The number of nitrogens with zero attached hydrogens (tertiary/aromatic N) is 2. The Balaban J connectivity index is 1.79. The first-order valence-corrected chi connectivity index (χ1v) is 11.5. The van der Waals surface area contributed by atoms with E-state index in [-0.39, 0.29) is 41.3 Å². The maximum atomic E-state index is 13.1. The minimum Gasteiger partial charge on any atom is -0.496 e. The molecule has 0 N–H and O–H groups in total. The van der Waals surface area contributed by atoms with Crippen LogP contribution in [0.15, 0.2) is 23.1 Å². The Morgan fingerprint density at radius 3 is 2.40 bits per heavy atom. The predicted octanol–water partition coefficient (Wildman–Crippen LogP) is 1.13. The Hall–Kier alpha value is -2.17. The molecule has 9 nitrogen and oxygen atoms in total. The van der Waals surface area contributed by atoms with Crippen LogP contribution in [-0.4, -0.2) is 82.6 Å². The van der Waals surface area contributed by atoms with Crippen molar-refractivity contribution in [1.29, 1.82) is 0 Å². The maximum Gasteiger partial charge on any atom is 0.309 e. The average molecular weight is 441 g/mol. The van der Waals surface area contributed by atoms with Crippen LogP contribution in [0.3, 0.4) is 0 Å². The summed E-state index contributed by atoms with van der Waals surface area (Å²) in [5.41, 5.74) is 0.196. The van der Waals surface area contributed by atoms with E-state index in [2.05, 4.69) is 0 Å². The first-order valence-electron chi connectivity index (χ1n) is 10.1. The van der Waals surface area contributed by atoms with Gasteiger partial charge in [0.05, 0.1) is 43.3 Å². The van der Waals surface area contributed by atoms with Crippen LogP contribution in [0.4, 0.5) is 0 Å². The summed E-state index contributed by atoms with van der Waals surface area (Å²) in [5.74, 6) is -0.452. The highest BCUT2D eigenvalue weighted by molar-refractivity contribution is 7.89. The number of morpholine rings is 1. The van der Waals surface area contributed by atoms with Gasteiger partial charge in [-0.1, -0.05) is 0 Å². The Morgan fingerprint density at radius 1 is 1.13 bits per heavy atom. The quantitative estimate of drug-likeness (QED) is 0.611. The summed E-state index contributed by atoms with van der Waals surface area (Å²) in [6.07, 6.45) is 1.03. The van der Waals surface area contributed by atoms with Crippen LogP contribution >= 0.6 is 0 Å². The molecule has 0 atom stereocenters. The number of piperidine rings is 1. The molecule has 0 spiro atoms. The smallest absolute Gasteiger partial charge is 0.309 e. The molecule has 3 rings (SSSR count). The molecule has 2 saturated heterocycles. The molecule has 2 aliphatic heterocycles. The van der Waals surface area contributed by atoms with Crippen LogP contribution in [0.1, 0.15) is 30.1 Å². The number of carbonyl (C=O) groups excluding carboxylic acids is 2. The van der Waals surface area contributed by atoms with E-state index in [4.69, 9.17) is 14.2 Å². The lowest BCUT2D eigenvalue weighted by atomic mass is 9.96. The van der Waals surface area contributed by atoms with Crippen LogP contribution < -0.4 is 4.74 Å². The van der Waals surface area contributed by atoms with E-state index in [1.807, 2.05) is 0 Å². The highest BCUT2D eigenvalue weighted by atomic mass is 32.2. The molecule has 2 fully saturated rings. The minimum atomic E-state index is -3.73. The van der Waals surface area contributed by atoms with Gasteiger partial charge in [-0.3, -0.25) is 9.59 Å². The fraction of sp³-hybridized carbons (Fsp3) is 0.600. The fourth-order valence-electron chi connectivity index (χ4n) is 3.70. The molecule has 2 aliphatic rings. The summed E-state index contributed by atoms with van der Waals surface area (Å²) < 4.78 is 42.9. The highest BCUT2D eigenvalue weighted by Crippen LogP contribution is 2.28. The molecular formula is C20H28N2O7S. The van der Waals surface area contributed by atoms with Crippen molar-refractivity contribution in [3.63, 3.8) is 0 Å². The summed E-state index contributed by atoms with van der Waals surface area (Å²) in [4.78, 5) is 26.7. The van der Waals surface area contributed by atoms with Crippen molar-refractivity contribution in [2.45, 2.75) is 24.7 Å². The van der Waals surface area contributed by atoms with Gasteiger partial charge in [0.25, 0.3) is 5.91 Å². The van der Waals surface area contributed by atoms with Crippen LogP contribution in [0.25, 0.3) is 0 Å². The molecular weight excluding hydrogens is 412 g/mol. The summed E-state index contributed by atoms with van der Waals surface area (Å²) in [6, 6.07) is 4.34. The van der Waals surface area contributed by atoms with Crippen molar-refractivity contribution in [3.8, 4) is 5.75 Å². The predicted molar refractivity (Wildman–Crippen MR) is 108 cm³/mol. The van der Waals surface area contributed by atoms with Crippen molar-refractivity contribution in [2.24, 2.45) is 5.92 Å². The molecule has 2 heterocycles. The number of benzene rings is 1. The van der Waals surface area contributed by atoms with Crippen molar-refractivity contribution >= 4 is 21.9 Å². The van der Waals surface area contributed by atoms with E-state index in [1.165, 1.54) is 29.6 Å². The molecule has 0 saturated carbocycles. The molecule has 0 bridgehead atoms. The van der Waals surface area contributed by atoms with Crippen LogP contribution in [0.2, 0.25) is 0 Å². The highest BCUT2D eigenvalue weighted by Gasteiger charge is 2.32. The molecule has 0 unspecified atom stereocenters. The van der Waals surface area contributed by atoms with Gasteiger partial charge in [-0.05, 0) is 38.0 Å². The van der Waals surface area contributed by atoms with Gasteiger partial charge in [0.15, 0.2) is 0 Å². The number of hydrogen-bond acceptors (Lipinski definition) is 7. The molecule has 30 heavy (non-hydrogen) atoms. The summed E-state index contributed by atoms with van der Waals surface area (Å²) >= 11 is 0. The Kier molecular flexibility index (Phi) is 7.32. The third-order valence-electron chi connectivity index (χ3n) is 5.41.